The number of ether oxygens (including phenoxy) is 1. The van der Waals surface area contributed by atoms with Crippen LogP contribution in [0.1, 0.15) is 26.2 Å². The fourth-order valence-corrected chi connectivity index (χ4v) is 1.62. The number of hydrogen-bond acceptors (Lipinski definition) is 4. The van der Waals surface area contributed by atoms with Gasteiger partial charge in [0.05, 0.1) is 6.42 Å². The van der Waals surface area contributed by atoms with Crippen LogP contribution in [0.2, 0.25) is 0 Å². The van der Waals surface area contributed by atoms with E-state index in [1.54, 1.807) is 0 Å². The second-order valence-corrected chi connectivity index (χ2v) is 4.47. The molecule has 1 aliphatic heterocycles. The number of nitrogens with two attached hydrogens (primary N) is 1. The fourth-order valence-electron chi connectivity index (χ4n) is 1.62. The summed E-state index contributed by atoms with van der Waals surface area (Å²) in [4.78, 5) is 11.4. The van der Waals surface area contributed by atoms with Crippen LogP contribution < -0.4 is 11.1 Å². The van der Waals surface area contributed by atoms with Crippen molar-refractivity contribution in [2.75, 3.05) is 19.8 Å². The number of amides is 1. The van der Waals surface area contributed by atoms with Crippen molar-refractivity contribution >= 4 is 11.7 Å². The first-order valence-corrected chi connectivity index (χ1v) is 5.37. The Hall–Kier alpha value is -1.30. The van der Waals surface area contributed by atoms with E-state index < -0.39 is 0 Å². The first-order valence-electron chi connectivity index (χ1n) is 5.37. The van der Waals surface area contributed by atoms with Crippen molar-refractivity contribution in [3.63, 3.8) is 0 Å². The first kappa shape index (κ1) is 12.8. The van der Waals surface area contributed by atoms with Gasteiger partial charge >= 0.3 is 0 Å². The Morgan fingerprint density at radius 1 is 1.56 bits per heavy atom. The van der Waals surface area contributed by atoms with E-state index in [0.717, 1.165) is 26.1 Å². The highest BCUT2D eigenvalue weighted by Gasteiger charge is 2.27. The van der Waals surface area contributed by atoms with E-state index >= 15 is 0 Å². The van der Waals surface area contributed by atoms with Crippen molar-refractivity contribution in [3.8, 4) is 0 Å². The lowest BCUT2D eigenvalue weighted by Crippen LogP contribution is -2.40. The van der Waals surface area contributed by atoms with E-state index in [2.05, 4.69) is 17.4 Å². The largest absolute Gasteiger partial charge is 0.409 e. The molecule has 1 fully saturated rings. The lowest BCUT2D eigenvalue weighted by molar-refractivity contribution is -0.120. The maximum absolute atomic E-state index is 11.4. The molecule has 1 aliphatic rings. The smallest absolute Gasteiger partial charge is 0.227 e. The van der Waals surface area contributed by atoms with E-state index in [1.165, 1.54) is 0 Å². The highest BCUT2D eigenvalue weighted by Crippen LogP contribution is 2.28. The van der Waals surface area contributed by atoms with Gasteiger partial charge in [-0.3, -0.25) is 4.79 Å². The van der Waals surface area contributed by atoms with Gasteiger partial charge in [-0.15, -0.1) is 0 Å². The maximum Gasteiger partial charge on any atom is 0.227 e. The second-order valence-electron chi connectivity index (χ2n) is 4.47. The third-order valence-electron chi connectivity index (χ3n) is 2.88. The fraction of sp³-hybridized carbons (Fsp3) is 0.800. The first-order chi connectivity index (χ1) is 7.56. The van der Waals surface area contributed by atoms with Gasteiger partial charge in [0.2, 0.25) is 5.91 Å². The van der Waals surface area contributed by atoms with Crippen LogP contribution in [-0.2, 0) is 9.53 Å². The Morgan fingerprint density at radius 2 is 2.19 bits per heavy atom. The molecular weight excluding hydrogens is 210 g/mol. The molecule has 0 aliphatic carbocycles. The van der Waals surface area contributed by atoms with Gasteiger partial charge in [-0.25, -0.2) is 0 Å². The van der Waals surface area contributed by atoms with Crippen molar-refractivity contribution < 1.29 is 14.7 Å². The Morgan fingerprint density at radius 3 is 2.75 bits per heavy atom. The number of oxime groups is 1. The molecule has 1 heterocycles. The zero-order valence-electron chi connectivity index (χ0n) is 9.53. The summed E-state index contributed by atoms with van der Waals surface area (Å²) in [5.74, 6) is -0.294. The molecule has 1 amide bonds. The van der Waals surface area contributed by atoms with Gasteiger partial charge < -0.3 is 21.0 Å². The summed E-state index contributed by atoms with van der Waals surface area (Å²) in [5, 5.41) is 13.9. The van der Waals surface area contributed by atoms with Crippen LogP contribution in [0, 0.1) is 5.41 Å². The highest BCUT2D eigenvalue weighted by atomic mass is 16.5. The molecule has 0 aromatic carbocycles. The van der Waals surface area contributed by atoms with Crippen molar-refractivity contribution in [2.24, 2.45) is 16.3 Å². The number of carbonyl (C=O) groups excluding carboxylic acids is 1. The summed E-state index contributed by atoms with van der Waals surface area (Å²) >= 11 is 0. The summed E-state index contributed by atoms with van der Waals surface area (Å²) in [5.41, 5.74) is 5.33. The number of rotatable bonds is 4. The lowest BCUT2D eigenvalue weighted by atomic mass is 9.82. The van der Waals surface area contributed by atoms with Gasteiger partial charge in [-0.2, -0.15) is 0 Å². The quantitative estimate of drug-likeness (QED) is 0.275. The van der Waals surface area contributed by atoms with Gasteiger partial charge in [0, 0.05) is 19.8 Å². The molecule has 6 heteroatoms. The van der Waals surface area contributed by atoms with Gasteiger partial charge in [0.15, 0.2) is 0 Å². The molecular formula is C10H19N3O3. The Bertz CT molecular complexity index is 272. The van der Waals surface area contributed by atoms with E-state index in [4.69, 9.17) is 15.7 Å². The zero-order valence-corrected chi connectivity index (χ0v) is 9.53. The molecule has 0 saturated carbocycles. The number of amidine groups is 1. The molecule has 0 unspecified atom stereocenters. The van der Waals surface area contributed by atoms with Crippen LogP contribution in [0.4, 0.5) is 0 Å². The Labute approximate surface area is 94.8 Å². The molecule has 1 rings (SSSR count). The van der Waals surface area contributed by atoms with E-state index in [9.17, 15) is 4.79 Å². The Kier molecular flexibility index (Phi) is 4.54. The van der Waals surface area contributed by atoms with Crippen LogP contribution in [-0.4, -0.2) is 36.7 Å². The SMILES string of the molecule is CC1(CNC(=O)CC(N)=NO)CCOCC1. The summed E-state index contributed by atoms with van der Waals surface area (Å²) in [6.07, 6.45) is 1.82. The third-order valence-corrected chi connectivity index (χ3v) is 2.88. The molecule has 0 radical (unpaired) electrons. The average Bonchev–Trinajstić information content (AvgIpc) is 2.27. The zero-order chi connectivity index (χ0) is 12.0. The maximum atomic E-state index is 11.4. The number of carbonyl (C=O) groups is 1. The second kappa shape index (κ2) is 5.69. The van der Waals surface area contributed by atoms with Crippen LogP contribution in [0.15, 0.2) is 5.16 Å². The van der Waals surface area contributed by atoms with Crippen LogP contribution >= 0.6 is 0 Å². The van der Waals surface area contributed by atoms with E-state index in [-0.39, 0.29) is 23.6 Å². The molecule has 16 heavy (non-hydrogen) atoms. The van der Waals surface area contributed by atoms with Crippen LogP contribution in [0.3, 0.4) is 0 Å². The predicted octanol–water partition coefficient (Wildman–Crippen LogP) is 0.0558. The van der Waals surface area contributed by atoms with Crippen molar-refractivity contribution in [1.82, 2.24) is 5.32 Å². The minimum absolute atomic E-state index is 0.0664. The van der Waals surface area contributed by atoms with Crippen LogP contribution in [0.25, 0.3) is 0 Å². The molecule has 0 aromatic rings. The van der Waals surface area contributed by atoms with Gasteiger partial charge in [0.25, 0.3) is 0 Å². The molecule has 92 valence electrons. The van der Waals surface area contributed by atoms with Gasteiger partial charge in [-0.1, -0.05) is 12.1 Å². The molecule has 1 saturated heterocycles. The predicted molar refractivity (Wildman–Crippen MR) is 59.2 cm³/mol. The standard InChI is InChI=1S/C10H19N3O3/c1-10(2-4-16-5-3-10)7-12-9(14)6-8(11)13-15/h15H,2-7H2,1H3,(H2,11,13)(H,12,14). The minimum atomic E-state index is -0.219. The number of nitrogens with zero attached hydrogens (tertiary/aromatic N) is 1. The Balaban J connectivity index is 2.30. The highest BCUT2D eigenvalue weighted by molar-refractivity contribution is 5.98. The number of nitrogens with one attached hydrogen (secondary N) is 1. The van der Waals surface area contributed by atoms with E-state index in [0.29, 0.717) is 6.54 Å². The molecule has 0 aromatic heterocycles. The average molecular weight is 229 g/mol. The molecule has 0 atom stereocenters. The third kappa shape index (κ3) is 4.06. The van der Waals surface area contributed by atoms with Crippen molar-refractivity contribution in [3.05, 3.63) is 0 Å². The van der Waals surface area contributed by atoms with Gasteiger partial charge in [0.1, 0.15) is 5.84 Å². The van der Waals surface area contributed by atoms with Crippen molar-refractivity contribution in [1.29, 1.82) is 0 Å². The topological polar surface area (TPSA) is 96.9 Å². The molecule has 4 N–H and O–H groups in total. The summed E-state index contributed by atoms with van der Waals surface area (Å²) in [6.45, 7) is 4.21. The van der Waals surface area contributed by atoms with E-state index in [1.807, 2.05) is 0 Å². The summed E-state index contributed by atoms with van der Waals surface area (Å²) in [6, 6.07) is 0. The summed E-state index contributed by atoms with van der Waals surface area (Å²) < 4.78 is 5.27. The minimum Gasteiger partial charge on any atom is -0.409 e. The van der Waals surface area contributed by atoms with Gasteiger partial charge in [-0.05, 0) is 18.3 Å². The lowest BCUT2D eigenvalue weighted by Gasteiger charge is -2.33. The van der Waals surface area contributed by atoms with Crippen LogP contribution in [0.5, 0.6) is 0 Å². The monoisotopic (exact) mass is 229 g/mol. The van der Waals surface area contributed by atoms with Crippen molar-refractivity contribution in [2.45, 2.75) is 26.2 Å². The molecule has 0 bridgehead atoms. The normalized spacial score (nSPS) is 20.4. The number of hydrogen-bond donors (Lipinski definition) is 3. The summed E-state index contributed by atoms with van der Waals surface area (Å²) in [7, 11) is 0. The molecule has 6 nitrogen and oxygen atoms in total. The molecule has 0 spiro atoms.